The SMILES string of the molecule is CC1(C(CC(=O)O)C(=O)O)CC(C(=O)O)C(C(=O)O)c2ccccc21. The van der Waals surface area contributed by atoms with Crippen molar-refractivity contribution in [2.24, 2.45) is 11.8 Å². The lowest BCUT2D eigenvalue weighted by atomic mass is 9.57. The Morgan fingerprint density at radius 1 is 1.08 bits per heavy atom. The maximum absolute atomic E-state index is 11.7. The second kappa shape index (κ2) is 6.54. The molecule has 0 spiro atoms. The highest BCUT2D eigenvalue weighted by atomic mass is 16.4. The normalized spacial score (nSPS) is 26.3. The van der Waals surface area contributed by atoms with Crippen LogP contribution in [0, 0.1) is 11.8 Å². The van der Waals surface area contributed by atoms with Gasteiger partial charge in [-0.3, -0.25) is 19.2 Å². The molecule has 4 unspecified atom stereocenters. The van der Waals surface area contributed by atoms with Crippen LogP contribution in [0.2, 0.25) is 0 Å². The molecule has 2 rings (SSSR count). The third-order valence-corrected chi connectivity index (χ3v) is 4.99. The second-order valence-corrected chi connectivity index (χ2v) is 6.46. The molecule has 0 amide bonds. The van der Waals surface area contributed by atoms with E-state index in [0.29, 0.717) is 5.56 Å². The summed E-state index contributed by atoms with van der Waals surface area (Å²) < 4.78 is 0. The quantitative estimate of drug-likeness (QED) is 0.601. The highest BCUT2D eigenvalue weighted by molar-refractivity contribution is 5.87. The first kappa shape index (κ1) is 18.4. The van der Waals surface area contributed by atoms with Gasteiger partial charge in [0.15, 0.2) is 0 Å². The molecule has 0 bridgehead atoms. The van der Waals surface area contributed by atoms with Crippen molar-refractivity contribution >= 4 is 23.9 Å². The van der Waals surface area contributed by atoms with Crippen molar-refractivity contribution in [3.63, 3.8) is 0 Å². The fraction of sp³-hybridized carbons (Fsp3) is 0.412. The van der Waals surface area contributed by atoms with Gasteiger partial charge in [-0.05, 0) is 17.5 Å². The first-order valence-corrected chi connectivity index (χ1v) is 7.59. The Bertz CT molecular complexity index is 740. The number of carboxylic acid groups (broad SMARTS) is 4. The lowest BCUT2D eigenvalue weighted by Crippen LogP contribution is -2.47. The maximum atomic E-state index is 11.7. The van der Waals surface area contributed by atoms with Gasteiger partial charge in [0.25, 0.3) is 0 Å². The van der Waals surface area contributed by atoms with Crippen molar-refractivity contribution in [2.45, 2.75) is 31.1 Å². The molecule has 0 saturated heterocycles. The molecule has 134 valence electrons. The molecule has 0 aliphatic heterocycles. The Labute approximate surface area is 142 Å². The summed E-state index contributed by atoms with van der Waals surface area (Å²) >= 11 is 0. The van der Waals surface area contributed by atoms with Crippen molar-refractivity contribution in [1.82, 2.24) is 0 Å². The molecule has 4 atom stereocenters. The minimum Gasteiger partial charge on any atom is -0.481 e. The van der Waals surface area contributed by atoms with E-state index >= 15 is 0 Å². The molecule has 8 nitrogen and oxygen atoms in total. The molecular weight excluding hydrogens is 332 g/mol. The zero-order valence-corrected chi connectivity index (χ0v) is 13.4. The smallest absolute Gasteiger partial charge is 0.311 e. The van der Waals surface area contributed by atoms with E-state index in [0.717, 1.165) is 0 Å². The summed E-state index contributed by atoms with van der Waals surface area (Å²) in [7, 11) is 0. The van der Waals surface area contributed by atoms with E-state index in [1.807, 2.05) is 0 Å². The monoisotopic (exact) mass is 350 g/mol. The molecule has 1 aliphatic carbocycles. The number of hydrogen-bond acceptors (Lipinski definition) is 4. The van der Waals surface area contributed by atoms with Gasteiger partial charge in [-0.2, -0.15) is 0 Å². The van der Waals surface area contributed by atoms with Crippen LogP contribution in [-0.4, -0.2) is 44.3 Å². The Morgan fingerprint density at radius 2 is 1.68 bits per heavy atom. The number of benzene rings is 1. The Morgan fingerprint density at radius 3 is 2.16 bits per heavy atom. The highest BCUT2D eigenvalue weighted by Gasteiger charge is 2.53. The number of aliphatic carboxylic acids is 4. The van der Waals surface area contributed by atoms with Crippen LogP contribution in [0.3, 0.4) is 0 Å². The van der Waals surface area contributed by atoms with Gasteiger partial charge in [0, 0.05) is 5.41 Å². The number of rotatable bonds is 6. The van der Waals surface area contributed by atoms with Gasteiger partial charge < -0.3 is 20.4 Å². The summed E-state index contributed by atoms with van der Waals surface area (Å²) in [6, 6.07) is 6.14. The largest absolute Gasteiger partial charge is 0.481 e. The summed E-state index contributed by atoms with van der Waals surface area (Å²) in [5.74, 6) is -9.41. The number of carboxylic acids is 4. The Kier molecular flexibility index (Phi) is 4.82. The minimum absolute atomic E-state index is 0.216. The molecule has 4 N–H and O–H groups in total. The molecule has 0 saturated carbocycles. The van der Waals surface area contributed by atoms with Crippen LogP contribution in [0.15, 0.2) is 24.3 Å². The van der Waals surface area contributed by atoms with Crippen LogP contribution in [-0.2, 0) is 24.6 Å². The van der Waals surface area contributed by atoms with Crippen molar-refractivity contribution in [3.8, 4) is 0 Å². The molecular formula is C17H18O8. The van der Waals surface area contributed by atoms with E-state index in [4.69, 9.17) is 5.11 Å². The fourth-order valence-electron chi connectivity index (χ4n) is 3.81. The van der Waals surface area contributed by atoms with Crippen LogP contribution < -0.4 is 0 Å². The summed E-state index contributed by atoms with van der Waals surface area (Å²) in [6.45, 7) is 1.49. The van der Waals surface area contributed by atoms with E-state index < -0.39 is 53.5 Å². The predicted octanol–water partition coefficient (Wildman–Crippen LogP) is 1.39. The average Bonchev–Trinajstić information content (AvgIpc) is 2.51. The van der Waals surface area contributed by atoms with Crippen LogP contribution in [0.25, 0.3) is 0 Å². The van der Waals surface area contributed by atoms with Crippen molar-refractivity contribution in [3.05, 3.63) is 35.4 Å². The highest BCUT2D eigenvalue weighted by Crippen LogP contribution is 2.50. The van der Waals surface area contributed by atoms with E-state index in [9.17, 15) is 34.5 Å². The van der Waals surface area contributed by atoms with Crippen LogP contribution >= 0.6 is 0 Å². The molecule has 25 heavy (non-hydrogen) atoms. The topological polar surface area (TPSA) is 149 Å². The van der Waals surface area contributed by atoms with Crippen molar-refractivity contribution in [1.29, 1.82) is 0 Å². The summed E-state index contributed by atoms with van der Waals surface area (Å²) in [5.41, 5.74) is -0.739. The van der Waals surface area contributed by atoms with E-state index in [-0.39, 0.29) is 12.0 Å². The molecule has 1 aromatic carbocycles. The average molecular weight is 350 g/mol. The van der Waals surface area contributed by atoms with Crippen LogP contribution in [0.5, 0.6) is 0 Å². The molecule has 1 aliphatic rings. The maximum Gasteiger partial charge on any atom is 0.311 e. The summed E-state index contributed by atoms with van der Waals surface area (Å²) in [4.78, 5) is 46.1. The summed E-state index contributed by atoms with van der Waals surface area (Å²) in [6.07, 6.45) is -0.967. The molecule has 0 fully saturated rings. The van der Waals surface area contributed by atoms with Crippen LogP contribution in [0.1, 0.15) is 36.8 Å². The summed E-state index contributed by atoms with van der Waals surface area (Å²) in [5, 5.41) is 37.6. The molecule has 1 aromatic rings. The van der Waals surface area contributed by atoms with Gasteiger partial charge in [-0.1, -0.05) is 31.2 Å². The lowest BCUT2D eigenvalue weighted by Gasteiger charge is -2.44. The standard InChI is InChI=1S/C17H18O8/c1-17(11(15(22)23)6-12(18)19)7-9(14(20)21)13(16(24)25)8-4-2-3-5-10(8)17/h2-5,9,11,13H,6-7H2,1H3,(H,18,19)(H,20,21)(H,22,23)(H,24,25). The minimum atomic E-state index is -1.39. The zero-order chi connectivity index (χ0) is 18.9. The molecule has 0 aromatic heterocycles. The number of carbonyl (C=O) groups is 4. The van der Waals surface area contributed by atoms with E-state index in [1.54, 1.807) is 18.2 Å². The third-order valence-electron chi connectivity index (χ3n) is 4.99. The van der Waals surface area contributed by atoms with Gasteiger partial charge in [-0.15, -0.1) is 0 Å². The first-order chi connectivity index (χ1) is 11.6. The van der Waals surface area contributed by atoms with Crippen molar-refractivity contribution in [2.75, 3.05) is 0 Å². The Hall–Kier alpha value is -2.90. The van der Waals surface area contributed by atoms with E-state index in [2.05, 4.69) is 0 Å². The number of hydrogen-bond donors (Lipinski definition) is 4. The predicted molar refractivity (Wildman–Crippen MR) is 83.3 cm³/mol. The van der Waals surface area contributed by atoms with E-state index in [1.165, 1.54) is 13.0 Å². The van der Waals surface area contributed by atoms with Gasteiger partial charge in [0.1, 0.15) is 0 Å². The van der Waals surface area contributed by atoms with Gasteiger partial charge >= 0.3 is 23.9 Å². The fourth-order valence-corrected chi connectivity index (χ4v) is 3.81. The van der Waals surface area contributed by atoms with Gasteiger partial charge in [0.05, 0.1) is 24.2 Å². The lowest BCUT2D eigenvalue weighted by molar-refractivity contribution is -0.155. The third kappa shape index (κ3) is 3.19. The van der Waals surface area contributed by atoms with Gasteiger partial charge in [0.2, 0.25) is 0 Å². The first-order valence-electron chi connectivity index (χ1n) is 7.59. The molecule has 8 heteroatoms. The Balaban J connectivity index is 2.70. The van der Waals surface area contributed by atoms with Crippen LogP contribution in [0.4, 0.5) is 0 Å². The van der Waals surface area contributed by atoms with Crippen molar-refractivity contribution < 1.29 is 39.6 Å². The zero-order valence-electron chi connectivity index (χ0n) is 13.4. The second-order valence-electron chi connectivity index (χ2n) is 6.46. The molecule has 0 radical (unpaired) electrons. The molecule has 0 heterocycles. The number of fused-ring (bicyclic) bond motifs is 1. The van der Waals surface area contributed by atoms with Gasteiger partial charge in [-0.25, -0.2) is 0 Å².